The van der Waals surface area contributed by atoms with Gasteiger partial charge >= 0.3 is 0 Å². The molecule has 2 aliphatic rings. The molecule has 3 atom stereocenters. The molecule has 24 heavy (non-hydrogen) atoms. The lowest BCUT2D eigenvalue weighted by atomic mass is 9.85. The van der Waals surface area contributed by atoms with Crippen LogP contribution in [0.15, 0.2) is 36.4 Å². The van der Waals surface area contributed by atoms with Gasteiger partial charge in [0.05, 0.1) is 37.7 Å². The average molecular weight is 333 g/mol. The van der Waals surface area contributed by atoms with Crippen molar-refractivity contribution in [1.82, 2.24) is 4.90 Å². The minimum absolute atomic E-state index is 0.0286. The van der Waals surface area contributed by atoms with Crippen LogP contribution in [0.3, 0.4) is 0 Å². The highest BCUT2D eigenvalue weighted by atomic mass is 19.1. The Morgan fingerprint density at radius 1 is 1.17 bits per heavy atom. The number of likely N-dealkylation sites (tertiary alicyclic amines) is 1. The molecule has 1 aromatic carbocycles. The second kappa shape index (κ2) is 7.23. The number of nitrogens with zero attached hydrogens (tertiary/aromatic N) is 1. The highest BCUT2D eigenvalue weighted by molar-refractivity contribution is 6.05. The lowest BCUT2D eigenvalue weighted by Gasteiger charge is -2.19. The van der Waals surface area contributed by atoms with Gasteiger partial charge in [-0.1, -0.05) is 30.4 Å². The molecular weight excluding hydrogens is 313 g/mol. The molecule has 0 saturated carbocycles. The van der Waals surface area contributed by atoms with E-state index in [9.17, 15) is 19.1 Å². The van der Waals surface area contributed by atoms with Crippen LogP contribution in [-0.2, 0) is 20.9 Å². The van der Waals surface area contributed by atoms with Crippen LogP contribution in [0, 0.1) is 17.7 Å². The molecule has 1 saturated heterocycles. The van der Waals surface area contributed by atoms with Crippen LogP contribution in [0.25, 0.3) is 0 Å². The molecule has 128 valence electrons. The number of aliphatic hydroxyl groups excluding tert-OH is 1. The maximum Gasteiger partial charge on any atom is 0.233 e. The Kier molecular flexibility index (Phi) is 5.06. The molecule has 0 bridgehead atoms. The number of ether oxygens (including phenoxy) is 1. The number of β-amino-alcohol motifs (C(OH)–C–C–N with tert-alkyl or cyclic N) is 1. The van der Waals surface area contributed by atoms with Crippen molar-refractivity contribution in [2.75, 3.05) is 13.2 Å². The quantitative estimate of drug-likeness (QED) is 0.635. The monoisotopic (exact) mass is 333 g/mol. The molecule has 1 aromatic rings. The summed E-state index contributed by atoms with van der Waals surface area (Å²) in [6, 6.07) is 6.24. The number of benzene rings is 1. The van der Waals surface area contributed by atoms with Crippen molar-refractivity contribution in [2.45, 2.75) is 25.6 Å². The van der Waals surface area contributed by atoms with Crippen molar-refractivity contribution in [2.24, 2.45) is 11.8 Å². The van der Waals surface area contributed by atoms with Gasteiger partial charge in [-0.15, -0.1) is 0 Å². The van der Waals surface area contributed by atoms with Gasteiger partial charge in [-0.05, 0) is 18.9 Å². The van der Waals surface area contributed by atoms with Gasteiger partial charge in [-0.3, -0.25) is 14.5 Å². The van der Waals surface area contributed by atoms with Gasteiger partial charge in [-0.2, -0.15) is 0 Å². The molecule has 3 rings (SSSR count). The second-order valence-electron chi connectivity index (χ2n) is 6.20. The van der Waals surface area contributed by atoms with E-state index in [0.717, 1.165) is 4.90 Å². The van der Waals surface area contributed by atoms with Crippen LogP contribution in [-0.4, -0.2) is 41.1 Å². The topological polar surface area (TPSA) is 66.8 Å². The standard InChI is InChI=1S/C18H20FNO4/c19-16-8-4-1-5-12(16)10-24-11-13(21)9-20-17(22)14-6-2-3-7-15(14)18(20)23/h1-5,8,13-15,21H,6-7,9-11H2. The highest BCUT2D eigenvalue weighted by Crippen LogP contribution is 2.35. The number of imide groups is 1. The summed E-state index contributed by atoms with van der Waals surface area (Å²) in [6.45, 7) is -0.123. The Bertz CT molecular complexity index is 634. The van der Waals surface area contributed by atoms with Crippen molar-refractivity contribution >= 4 is 11.8 Å². The lowest BCUT2D eigenvalue weighted by molar-refractivity contribution is -0.142. The Hall–Kier alpha value is -2.05. The Labute approximate surface area is 139 Å². The van der Waals surface area contributed by atoms with Crippen LogP contribution < -0.4 is 0 Å². The normalized spacial score (nSPS) is 24.3. The molecule has 1 N–H and O–H groups in total. The first-order chi connectivity index (χ1) is 11.6. The average Bonchev–Trinajstić information content (AvgIpc) is 2.82. The summed E-state index contributed by atoms with van der Waals surface area (Å²) in [4.78, 5) is 25.7. The Morgan fingerprint density at radius 3 is 2.42 bits per heavy atom. The molecule has 1 fully saturated rings. The van der Waals surface area contributed by atoms with Crippen molar-refractivity contribution in [3.8, 4) is 0 Å². The maximum absolute atomic E-state index is 13.5. The van der Waals surface area contributed by atoms with Crippen molar-refractivity contribution in [1.29, 1.82) is 0 Å². The smallest absolute Gasteiger partial charge is 0.233 e. The fraction of sp³-hybridized carbons (Fsp3) is 0.444. The minimum Gasteiger partial charge on any atom is -0.389 e. The van der Waals surface area contributed by atoms with Crippen LogP contribution in [0.4, 0.5) is 4.39 Å². The number of hydrogen-bond acceptors (Lipinski definition) is 4. The summed E-state index contributed by atoms with van der Waals surface area (Å²) in [5.74, 6) is -1.40. The molecule has 1 aliphatic heterocycles. The minimum atomic E-state index is -0.988. The molecule has 0 aromatic heterocycles. The lowest BCUT2D eigenvalue weighted by Crippen LogP contribution is -2.39. The van der Waals surface area contributed by atoms with E-state index in [0.29, 0.717) is 18.4 Å². The SMILES string of the molecule is O=C1C2CC=CCC2C(=O)N1CC(O)COCc1ccccc1F. The third kappa shape index (κ3) is 3.39. The van der Waals surface area contributed by atoms with E-state index in [1.165, 1.54) is 6.07 Å². The zero-order valence-corrected chi connectivity index (χ0v) is 13.2. The molecular formula is C18H20FNO4. The van der Waals surface area contributed by atoms with Crippen molar-refractivity contribution in [3.63, 3.8) is 0 Å². The van der Waals surface area contributed by atoms with Crippen LogP contribution in [0.2, 0.25) is 0 Å². The highest BCUT2D eigenvalue weighted by Gasteiger charge is 2.47. The molecule has 0 spiro atoms. The maximum atomic E-state index is 13.5. The number of carbonyl (C=O) groups is 2. The fourth-order valence-electron chi connectivity index (χ4n) is 3.23. The van der Waals surface area contributed by atoms with Crippen LogP contribution in [0.5, 0.6) is 0 Å². The van der Waals surface area contributed by atoms with Gasteiger partial charge in [0.2, 0.25) is 11.8 Å². The van der Waals surface area contributed by atoms with E-state index < -0.39 is 6.10 Å². The van der Waals surface area contributed by atoms with E-state index in [2.05, 4.69) is 0 Å². The number of rotatable bonds is 6. The number of aliphatic hydroxyl groups is 1. The van der Waals surface area contributed by atoms with Crippen LogP contribution >= 0.6 is 0 Å². The third-order valence-corrected chi connectivity index (χ3v) is 4.52. The number of carbonyl (C=O) groups excluding carboxylic acids is 2. The zero-order valence-electron chi connectivity index (χ0n) is 13.2. The number of allylic oxidation sites excluding steroid dienone is 2. The summed E-state index contributed by atoms with van der Waals surface area (Å²) in [5.41, 5.74) is 0.398. The van der Waals surface area contributed by atoms with E-state index in [4.69, 9.17) is 4.74 Å². The largest absolute Gasteiger partial charge is 0.389 e. The molecule has 5 nitrogen and oxygen atoms in total. The first-order valence-corrected chi connectivity index (χ1v) is 8.07. The summed E-state index contributed by atoms with van der Waals surface area (Å²) in [6.07, 6.45) is 4.00. The predicted octanol–water partition coefficient (Wildman–Crippen LogP) is 1.65. The van der Waals surface area contributed by atoms with E-state index in [1.807, 2.05) is 12.2 Å². The number of fused-ring (bicyclic) bond motifs is 1. The van der Waals surface area contributed by atoms with Gasteiger partial charge in [0.25, 0.3) is 0 Å². The number of halogens is 1. The van der Waals surface area contributed by atoms with Gasteiger partial charge in [-0.25, -0.2) is 4.39 Å². The van der Waals surface area contributed by atoms with Gasteiger partial charge < -0.3 is 9.84 Å². The number of hydrogen-bond donors (Lipinski definition) is 1. The summed E-state index contributed by atoms with van der Waals surface area (Å²) < 4.78 is 18.8. The number of amides is 2. The van der Waals surface area contributed by atoms with E-state index in [-0.39, 0.29) is 49.2 Å². The van der Waals surface area contributed by atoms with Crippen molar-refractivity contribution in [3.05, 3.63) is 47.8 Å². The molecule has 2 amide bonds. The van der Waals surface area contributed by atoms with Crippen molar-refractivity contribution < 1.29 is 23.8 Å². The molecule has 6 heteroatoms. The van der Waals surface area contributed by atoms with E-state index >= 15 is 0 Å². The summed E-state index contributed by atoms with van der Waals surface area (Å²) >= 11 is 0. The Morgan fingerprint density at radius 2 is 1.79 bits per heavy atom. The van der Waals surface area contributed by atoms with E-state index in [1.54, 1.807) is 18.2 Å². The summed E-state index contributed by atoms with van der Waals surface area (Å²) in [5, 5.41) is 10.0. The first kappa shape index (κ1) is 16.8. The summed E-state index contributed by atoms with van der Waals surface area (Å²) in [7, 11) is 0. The predicted molar refractivity (Wildman–Crippen MR) is 84.1 cm³/mol. The third-order valence-electron chi connectivity index (χ3n) is 4.52. The zero-order chi connectivity index (χ0) is 17.1. The Balaban J connectivity index is 1.50. The van der Waals surface area contributed by atoms with Gasteiger partial charge in [0, 0.05) is 5.56 Å². The van der Waals surface area contributed by atoms with Crippen LogP contribution in [0.1, 0.15) is 18.4 Å². The second-order valence-corrected chi connectivity index (χ2v) is 6.20. The molecule has 0 radical (unpaired) electrons. The van der Waals surface area contributed by atoms with Gasteiger partial charge in [0.1, 0.15) is 5.82 Å². The first-order valence-electron chi connectivity index (χ1n) is 8.07. The molecule has 1 aliphatic carbocycles. The molecule has 1 heterocycles. The fourth-order valence-corrected chi connectivity index (χ4v) is 3.23. The molecule has 3 unspecified atom stereocenters. The van der Waals surface area contributed by atoms with Gasteiger partial charge in [0.15, 0.2) is 0 Å².